The molecular weight excluding hydrogens is 294 g/mol. The van der Waals surface area contributed by atoms with Gasteiger partial charge in [-0.1, -0.05) is 37.3 Å². The zero-order chi connectivity index (χ0) is 16.8. The number of ketones is 2. The van der Waals surface area contributed by atoms with Gasteiger partial charge in [-0.3, -0.25) is 14.6 Å². The average Bonchev–Trinajstić information content (AvgIpc) is 3.08. The quantitative estimate of drug-likeness (QED) is 0.631. The van der Waals surface area contributed by atoms with E-state index in [2.05, 4.69) is 4.99 Å². The van der Waals surface area contributed by atoms with Gasteiger partial charge < -0.3 is 4.74 Å². The number of carbonyl (C=O) groups excluding carboxylic acids is 3. The Morgan fingerprint density at radius 3 is 2.43 bits per heavy atom. The van der Waals surface area contributed by atoms with E-state index in [4.69, 9.17) is 4.74 Å². The third-order valence-corrected chi connectivity index (χ3v) is 5.34. The van der Waals surface area contributed by atoms with Crippen LogP contribution in [0.15, 0.2) is 35.3 Å². The van der Waals surface area contributed by atoms with Crippen LogP contribution in [0.5, 0.6) is 0 Å². The number of rotatable bonds is 3. The number of methoxy groups -OCH3 is 1. The molecule has 0 spiro atoms. The van der Waals surface area contributed by atoms with Crippen molar-refractivity contribution < 1.29 is 19.1 Å². The highest BCUT2D eigenvalue weighted by molar-refractivity contribution is 6.23. The number of nitrogens with zero attached hydrogens (tertiary/aromatic N) is 1. The van der Waals surface area contributed by atoms with Gasteiger partial charge in [-0.15, -0.1) is 0 Å². The Morgan fingerprint density at radius 1 is 1.22 bits per heavy atom. The van der Waals surface area contributed by atoms with E-state index in [0.29, 0.717) is 12.0 Å². The van der Waals surface area contributed by atoms with E-state index in [9.17, 15) is 14.4 Å². The van der Waals surface area contributed by atoms with Crippen LogP contribution in [0, 0.1) is 17.3 Å². The van der Waals surface area contributed by atoms with E-state index in [0.717, 1.165) is 0 Å². The van der Waals surface area contributed by atoms with Crippen LogP contribution in [0.1, 0.15) is 25.8 Å². The van der Waals surface area contributed by atoms with Gasteiger partial charge in [-0.25, -0.2) is 4.79 Å². The van der Waals surface area contributed by atoms with Crippen LogP contribution in [-0.2, 0) is 24.7 Å². The second kappa shape index (κ2) is 5.11. The first-order valence-electron chi connectivity index (χ1n) is 7.71. The summed E-state index contributed by atoms with van der Waals surface area (Å²) in [6.45, 7) is 3.48. The van der Waals surface area contributed by atoms with Gasteiger partial charge >= 0.3 is 5.97 Å². The molecular formula is C18H19NO4. The Balaban J connectivity index is 2.21. The van der Waals surface area contributed by atoms with Gasteiger partial charge in [0.15, 0.2) is 17.1 Å². The van der Waals surface area contributed by atoms with Crippen LogP contribution in [-0.4, -0.2) is 30.9 Å². The SMILES string of the molecule is CC[C@]1(C)C(=O)[C@@H]2[C@@H](C=N[C@@]2(C(=O)OC)c2ccccc2)C1=O. The fourth-order valence-electron chi connectivity index (χ4n) is 3.78. The number of ether oxygens (including phenoxy) is 1. The molecule has 0 saturated heterocycles. The fraction of sp³-hybridized carbons (Fsp3) is 0.444. The first kappa shape index (κ1) is 15.6. The molecule has 120 valence electrons. The maximum Gasteiger partial charge on any atom is 0.339 e. The van der Waals surface area contributed by atoms with Crippen molar-refractivity contribution in [2.75, 3.05) is 7.11 Å². The van der Waals surface area contributed by atoms with Crippen molar-refractivity contribution in [1.29, 1.82) is 0 Å². The Kier molecular flexibility index (Phi) is 3.47. The molecule has 1 aromatic carbocycles. The van der Waals surface area contributed by atoms with Gasteiger partial charge in [0.1, 0.15) is 0 Å². The molecule has 1 aromatic rings. The molecule has 1 saturated carbocycles. The highest BCUT2D eigenvalue weighted by Gasteiger charge is 2.68. The van der Waals surface area contributed by atoms with Crippen molar-refractivity contribution in [2.24, 2.45) is 22.2 Å². The summed E-state index contributed by atoms with van der Waals surface area (Å²) in [5, 5.41) is 0. The molecule has 0 unspecified atom stereocenters. The maximum absolute atomic E-state index is 13.1. The normalized spacial score (nSPS) is 35.4. The first-order valence-corrected chi connectivity index (χ1v) is 7.71. The van der Waals surface area contributed by atoms with Crippen LogP contribution >= 0.6 is 0 Å². The number of benzene rings is 1. The number of aliphatic imine (C=N–C) groups is 1. The number of carbonyl (C=O) groups is 3. The predicted octanol–water partition coefficient (Wildman–Crippen LogP) is 1.94. The van der Waals surface area contributed by atoms with E-state index in [1.54, 1.807) is 31.2 Å². The second-order valence-corrected chi connectivity index (χ2v) is 6.32. The predicted molar refractivity (Wildman–Crippen MR) is 84.0 cm³/mol. The lowest BCUT2D eigenvalue weighted by atomic mass is 9.73. The summed E-state index contributed by atoms with van der Waals surface area (Å²) < 4.78 is 4.97. The third kappa shape index (κ3) is 1.79. The van der Waals surface area contributed by atoms with Gasteiger partial charge in [0, 0.05) is 6.21 Å². The molecule has 4 atom stereocenters. The maximum atomic E-state index is 13.1. The summed E-state index contributed by atoms with van der Waals surface area (Å²) >= 11 is 0. The molecule has 1 aliphatic heterocycles. The van der Waals surface area contributed by atoms with Crippen molar-refractivity contribution in [3.63, 3.8) is 0 Å². The van der Waals surface area contributed by atoms with Crippen LogP contribution < -0.4 is 0 Å². The molecule has 3 rings (SSSR count). The van der Waals surface area contributed by atoms with Crippen LogP contribution in [0.3, 0.4) is 0 Å². The number of hydrogen-bond donors (Lipinski definition) is 0. The largest absolute Gasteiger partial charge is 0.467 e. The molecule has 0 amide bonds. The lowest BCUT2D eigenvalue weighted by molar-refractivity contribution is -0.152. The summed E-state index contributed by atoms with van der Waals surface area (Å²) in [5.74, 6) is -2.46. The molecule has 1 heterocycles. The number of esters is 1. The van der Waals surface area contributed by atoms with Crippen molar-refractivity contribution in [2.45, 2.75) is 25.8 Å². The zero-order valence-electron chi connectivity index (χ0n) is 13.4. The summed E-state index contributed by atoms with van der Waals surface area (Å²) in [7, 11) is 1.27. The highest BCUT2D eigenvalue weighted by atomic mass is 16.5. The third-order valence-electron chi connectivity index (χ3n) is 5.34. The molecule has 1 fully saturated rings. The monoisotopic (exact) mass is 313 g/mol. The van der Waals surface area contributed by atoms with E-state index >= 15 is 0 Å². The molecule has 0 N–H and O–H groups in total. The number of Topliss-reactive ketones (excluding diaryl/α,β-unsaturated/α-hetero) is 2. The lowest BCUT2D eigenvalue weighted by Crippen LogP contribution is -2.45. The van der Waals surface area contributed by atoms with E-state index in [1.807, 2.05) is 13.0 Å². The van der Waals surface area contributed by atoms with Gasteiger partial charge in [-0.05, 0) is 18.9 Å². The lowest BCUT2D eigenvalue weighted by Gasteiger charge is -2.30. The van der Waals surface area contributed by atoms with E-state index < -0.39 is 28.8 Å². The second-order valence-electron chi connectivity index (χ2n) is 6.32. The van der Waals surface area contributed by atoms with Gasteiger partial charge in [-0.2, -0.15) is 0 Å². The highest BCUT2D eigenvalue weighted by Crippen LogP contribution is 2.53. The smallest absolute Gasteiger partial charge is 0.339 e. The number of hydrogen-bond acceptors (Lipinski definition) is 5. The molecule has 1 aliphatic carbocycles. The molecule has 5 nitrogen and oxygen atoms in total. The summed E-state index contributed by atoms with van der Waals surface area (Å²) in [6, 6.07) is 8.88. The Hall–Kier alpha value is -2.30. The molecule has 0 radical (unpaired) electrons. The Bertz CT molecular complexity index is 711. The van der Waals surface area contributed by atoms with Crippen molar-refractivity contribution in [1.82, 2.24) is 0 Å². The minimum Gasteiger partial charge on any atom is -0.467 e. The topological polar surface area (TPSA) is 72.8 Å². The molecule has 0 aromatic heterocycles. The molecule has 5 heteroatoms. The number of fused-ring (bicyclic) bond motifs is 1. The van der Waals surface area contributed by atoms with Gasteiger partial charge in [0.25, 0.3) is 0 Å². The average molecular weight is 313 g/mol. The van der Waals surface area contributed by atoms with E-state index in [-0.39, 0.29) is 11.6 Å². The molecule has 0 bridgehead atoms. The summed E-state index contributed by atoms with van der Waals surface area (Å²) in [5.41, 5.74) is -1.94. The van der Waals surface area contributed by atoms with E-state index in [1.165, 1.54) is 13.3 Å². The molecule has 2 aliphatic rings. The first-order chi connectivity index (χ1) is 10.9. The van der Waals surface area contributed by atoms with Crippen molar-refractivity contribution >= 4 is 23.8 Å². The van der Waals surface area contributed by atoms with Gasteiger partial charge in [0.05, 0.1) is 24.4 Å². The Morgan fingerprint density at radius 2 is 1.87 bits per heavy atom. The van der Waals surface area contributed by atoms with Crippen molar-refractivity contribution in [3.05, 3.63) is 35.9 Å². The van der Waals surface area contributed by atoms with Crippen LogP contribution in [0.2, 0.25) is 0 Å². The summed E-state index contributed by atoms with van der Waals surface area (Å²) in [6.07, 6.45) is 1.88. The standard InChI is InChI=1S/C18H19NO4/c1-4-17(2)14(20)12-10-19-18(16(22)23-3,13(12)15(17)21)11-8-6-5-7-9-11/h5-10,12-13H,4H2,1-3H3/t12-,13+,17+,18+/m1/s1. The minimum absolute atomic E-state index is 0.152. The Labute approximate surface area is 134 Å². The minimum atomic E-state index is -1.46. The van der Waals surface area contributed by atoms with Crippen LogP contribution in [0.25, 0.3) is 0 Å². The molecule has 23 heavy (non-hydrogen) atoms. The fourth-order valence-corrected chi connectivity index (χ4v) is 3.78. The van der Waals surface area contributed by atoms with Gasteiger partial charge in [0.2, 0.25) is 0 Å². The van der Waals surface area contributed by atoms with Crippen molar-refractivity contribution in [3.8, 4) is 0 Å². The summed E-state index contributed by atoms with van der Waals surface area (Å²) in [4.78, 5) is 42.8. The zero-order valence-corrected chi connectivity index (χ0v) is 13.4. The van der Waals surface area contributed by atoms with Crippen LogP contribution in [0.4, 0.5) is 0 Å².